The summed E-state index contributed by atoms with van der Waals surface area (Å²) in [6, 6.07) is 9.85. The van der Waals surface area contributed by atoms with E-state index in [0.29, 0.717) is 6.54 Å². The standard InChI is InChI=1S/C12H14N2O2/c15-11-8-13-9-12(16)14(11)7-6-10-4-2-1-3-5-10/h1-5,13H,6-9H2. The molecule has 2 rings (SSSR count). The van der Waals surface area contributed by atoms with Gasteiger partial charge in [0.05, 0.1) is 13.1 Å². The summed E-state index contributed by atoms with van der Waals surface area (Å²) in [6.07, 6.45) is 0.721. The molecular weight excluding hydrogens is 204 g/mol. The Morgan fingerprint density at radius 2 is 1.69 bits per heavy atom. The first kappa shape index (κ1) is 10.8. The van der Waals surface area contributed by atoms with Crippen molar-refractivity contribution in [3.63, 3.8) is 0 Å². The molecule has 0 saturated carbocycles. The maximum absolute atomic E-state index is 11.5. The normalized spacial score (nSPS) is 16.6. The van der Waals surface area contributed by atoms with Gasteiger partial charge in [0.15, 0.2) is 0 Å². The zero-order chi connectivity index (χ0) is 11.4. The van der Waals surface area contributed by atoms with Gasteiger partial charge >= 0.3 is 0 Å². The summed E-state index contributed by atoms with van der Waals surface area (Å²) in [4.78, 5) is 24.3. The van der Waals surface area contributed by atoms with Crippen LogP contribution in [0.25, 0.3) is 0 Å². The maximum atomic E-state index is 11.5. The third kappa shape index (κ3) is 2.46. The summed E-state index contributed by atoms with van der Waals surface area (Å²) in [6.45, 7) is 1.00. The molecule has 0 unspecified atom stereocenters. The van der Waals surface area contributed by atoms with Crippen LogP contribution >= 0.6 is 0 Å². The van der Waals surface area contributed by atoms with Crippen molar-refractivity contribution in [1.29, 1.82) is 0 Å². The topological polar surface area (TPSA) is 49.4 Å². The van der Waals surface area contributed by atoms with Gasteiger partial charge in [-0.2, -0.15) is 0 Å². The molecule has 1 N–H and O–H groups in total. The van der Waals surface area contributed by atoms with Gasteiger partial charge in [-0.05, 0) is 12.0 Å². The Hall–Kier alpha value is -1.68. The minimum atomic E-state index is -0.132. The van der Waals surface area contributed by atoms with Crippen molar-refractivity contribution in [2.45, 2.75) is 6.42 Å². The number of nitrogens with one attached hydrogen (secondary N) is 1. The third-order valence-corrected chi connectivity index (χ3v) is 2.62. The lowest BCUT2D eigenvalue weighted by Crippen LogP contribution is -2.52. The molecule has 1 aromatic rings. The molecule has 0 spiro atoms. The highest BCUT2D eigenvalue weighted by Gasteiger charge is 2.24. The van der Waals surface area contributed by atoms with Crippen molar-refractivity contribution in [2.24, 2.45) is 0 Å². The summed E-state index contributed by atoms with van der Waals surface area (Å²) < 4.78 is 0. The SMILES string of the molecule is O=C1CNCC(=O)N1CCc1ccccc1. The first-order valence-corrected chi connectivity index (χ1v) is 5.35. The monoisotopic (exact) mass is 218 g/mol. The highest BCUT2D eigenvalue weighted by atomic mass is 16.2. The summed E-state index contributed by atoms with van der Waals surface area (Å²) in [7, 11) is 0. The van der Waals surface area contributed by atoms with Gasteiger partial charge in [0, 0.05) is 6.54 Å². The molecule has 1 fully saturated rings. The number of carbonyl (C=O) groups is 2. The van der Waals surface area contributed by atoms with E-state index in [1.54, 1.807) is 0 Å². The molecular formula is C12H14N2O2. The molecule has 0 radical (unpaired) electrons. The number of carbonyl (C=O) groups excluding carboxylic acids is 2. The zero-order valence-corrected chi connectivity index (χ0v) is 8.98. The number of hydrogen-bond acceptors (Lipinski definition) is 3. The van der Waals surface area contributed by atoms with Crippen LogP contribution in [0.2, 0.25) is 0 Å². The lowest BCUT2D eigenvalue weighted by Gasteiger charge is -2.25. The maximum Gasteiger partial charge on any atom is 0.243 e. The fourth-order valence-electron chi connectivity index (χ4n) is 1.74. The number of nitrogens with zero attached hydrogens (tertiary/aromatic N) is 1. The predicted molar refractivity (Wildman–Crippen MR) is 59.7 cm³/mol. The van der Waals surface area contributed by atoms with Gasteiger partial charge in [-0.25, -0.2) is 0 Å². The average Bonchev–Trinajstić information content (AvgIpc) is 2.30. The molecule has 0 bridgehead atoms. The molecule has 0 atom stereocenters. The minimum Gasteiger partial charge on any atom is -0.300 e. The van der Waals surface area contributed by atoms with E-state index in [9.17, 15) is 9.59 Å². The first-order chi connectivity index (χ1) is 7.77. The van der Waals surface area contributed by atoms with Crippen molar-refractivity contribution >= 4 is 11.8 Å². The smallest absolute Gasteiger partial charge is 0.243 e. The lowest BCUT2D eigenvalue weighted by molar-refractivity contribution is -0.146. The number of imide groups is 1. The van der Waals surface area contributed by atoms with E-state index in [2.05, 4.69) is 5.32 Å². The largest absolute Gasteiger partial charge is 0.300 e. The van der Waals surface area contributed by atoms with E-state index >= 15 is 0 Å². The number of benzene rings is 1. The van der Waals surface area contributed by atoms with Gasteiger partial charge in [0.25, 0.3) is 0 Å². The Bertz CT molecular complexity index is 373. The van der Waals surface area contributed by atoms with Crippen molar-refractivity contribution < 1.29 is 9.59 Å². The van der Waals surface area contributed by atoms with Crippen molar-refractivity contribution in [3.8, 4) is 0 Å². The van der Waals surface area contributed by atoms with Crippen molar-refractivity contribution in [3.05, 3.63) is 35.9 Å². The zero-order valence-electron chi connectivity index (χ0n) is 8.98. The van der Waals surface area contributed by atoms with Crippen LogP contribution in [-0.4, -0.2) is 36.3 Å². The van der Waals surface area contributed by atoms with Crippen LogP contribution in [0.4, 0.5) is 0 Å². The molecule has 1 saturated heterocycles. The predicted octanol–water partition coefficient (Wildman–Crippen LogP) is 0.188. The summed E-state index contributed by atoms with van der Waals surface area (Å²) in [5.41, 5.74) is 1.14. The van der Waals surface area contributed by atoms with E-state index < -0.39 is 0 Å². The van der Waals surface area contributed by atoms with Crippen molar-refractivity contribution in [2.75, 3.05) is 19.6 Å². The van der Waals surface area contributed by atoms with Crippen LogP contribution in [0.3, 0.4) is 0 Å². The Labute approximate surface area is 94.2 Å². The molecule has 0 aliphatic carbocycles. The van der Waals surface area contributed by atoms with Crippen LogP contribution in [0.5, 0.6) is 0 Å². The van der Waals surface area contributed by atoms with Gasteiger partial charge in [-0.1, -0.05) is 30.3 Å². The molecule has 16 heavy (non-hydrogen) atoms. The molecule has 1 aliphatic heterocycles. The molecule has 84 valence electrons. The number of piperazine rings is 1. The number of amides is 2. The van der Waals surface area contributed by atoms with Gasteiger partial charge < -0.3 is 0 Å². The number of rotatable bonds is 3. The van der Waals surface area contributed by atoms with Gasteiger partial charge in [-0.3, -0.25) is 19.8 Å². The molecule has 1 aromatic carbocycles. The fraction of sp³-hybridized carbons (Fsp3) is 0.333. The third-order valence-electron chi connectivity index (χ3n) is 2.62. The second-order valence-corrected chi connectivity index (χ2v) is 3.78. The summed E-state index contributed by atoms with van der Waals surface area (Å²) in [5.74, 6) is -0.264. The minimum absolute atomic E-state index is 0.132. The van der Waals surface area contributed by atoms with Crippen LogP contribution in [0, 0.1) is 0 Å². The first-order valence-electron chi connectivity index (χ1n) is 5.35. The Morgan fingerprint density at radius 1 is 1.06 bits per heavy atom. The second-order valence-electron chi connectivity index (χ2n) is 3.78. The molecule has 4 nitrogen and oxygen atoms in total. The quantitative estimate of drug-likeness (QED) is 0.737. The van der Waals surface area contributed by atoms with Crippen LogP contribution < -0.4 is 5.32 Å². The van der Waals surface area contributed by atoms with E-state index in [4.69, 9.17) is 0 Å². The summed E-state index contributed by atoms with van der Waals surface area (Å²) >= 11 is 0. The molecule has 4 heteroatoms. The Balaban J connectivity index is 1.94. The second kappa shape index (κ2) is 4.90. The molecule has 1 aliphatic rings. The van der Waals surface area contributed by atoms with E-state index in [-0.39, 0.29) is 24.9 Å². The summed E-state index contributed by atoms with van der Waals surface area (Å²) in [5, 5.41) is 2.77. The Morgan fingerprint density at radius 3 is 2.31 bits per heavy atom. The molecule has 1 heterocycles. The number of hydrogen-bond donors (Lipinski definition) is 1. The van der Waals surface area contributed by atoms with Gasteiger partial charge in [-0.15, -0.1) is 0 Å². The average molecular weight is 218 g/mol. The highest BCUT2D eigenvalue weighted by molar-refractivity contribution is 5.99. The van der Waals surface area contributed by atoms with Gasteiger partial charge in [0.1, 0.15) is 0 Å². The van der Waals surface area contributed by atoms with Gasteiger partial charge in [0.2, 0.25) is 11.8 Å². The van der Waals surface area contributed by atoms with Crippen molar-refractivity contribution in [1.82, 2.24) is 10.2 Å². The van der Waals surface area contributed by atoms with Crippen LogP contribution in [0.1, 0.15) is 5.56 Å². The van der Waals surface area contributed by atoms with E-state index in [1.165, 1.54) is 4.90 Å². The Kier molecular flexibility index (Phi) is 3.31. The highest BCUT2D eigenvalue weighted by Crippen LogP contribution is 2.03. The van der Waals surface area contributed by atoms with E-state index in [0.717, 1.165) is 12.0 Å². The lowest BCUT2D eigenvalue weighted by atomic mass is 10.1. The van der Waals surface area contributed by atoms with E-state index in [1.807, 2.05) is 30.3 Å². The van der Waals surface area contributed by atoms with Crippen LogP contribution in [0.15, 0.2) is 30.3 Å². The van der Waals surface area contributed by atoms with Crippen LogP contribution in [-0.2, 0) is 16.0 Å². The fourth-order valence-corrected chi connectivity index (χ4v) is 1.74. The molecule has 0 aromatic heterocycles. The molecule has 2 amide bonds.